The quantitative estimate of drug-likeness (QED) is 0.640. The van der Waals surface area contributed by atoms with Crippen molar-refractivity contribution in [3.8, 4) is 0 Å². The highest BCUT2D eigenvalue weighted by Crippen LogP contribution is 2.14. The Morgan fingerprint density at radius 2 is 2.00 bits per heavy atom. The van der Waals surface area contributed by atoms with Crippen molar-refractivity contribution in [3.05, 3.63) is 0 Å². The van der Waals surface area contributed by atoms with Crippen LogP contribution in [0.4, 0.5) is 0 Å². The van der Waals surface area contributed by atoms with Crippen LogP contribution in [0.3, 0.4) is 0 Å². The number of hydrogen-bond acceptors (Lipinski definition) is 3. The summed E-state index contributed by atoms with van der Waals surface area (Å²) in [6.07, 6.45) is 4.99. The van der Waals surface area contributed by atoms with Gasteiger partial charge in [0.2, 0.25) is 0 Å². The first-order chi connectivity index (χ1) is 7.83. The number of likely N-dealkylation sites (tertiary alicyclic amines) is 1. The third-order valence-corrected chi connectivity index (χ3v) is 3.26. The molecule has 1 N–H and O–H groups in total. The zero-order valence-corrected chi connectivity index (χ0v) is 11.0. The van der Waals surface area contributed by atoms with E-state index in [1.54, 1.807) is 0 Å². The molecule has 1 rings (SSSR count). The second-order valence-corrected chi connectivity index (χ2v) is 4.92. The molecular weight excluding hydrogens is 200 g/mol. The van der Waals surface area contributed by atoms with Gasteiger partial charge in [0.15, 0.2) is 0 Å². The van der Waals surface area contributed by atoms with Crippen molar-refractivity contribution in [3.63, 3.8) is 0 Å². The van der Waals surface area contributed by atoms with Crippen LogP contribution in [0, 0.1) is 5.92 Å². The molecule has 0 atom stereocenters. The first kappa shape index (κ1) is 13.9. The summed E-state index contributed by atoms with van der Waals surface area (Å²) in [4.78, 5) is 2.43. The standard InChI is InChI=1S/C13H28N2O/c1-3-10-16-11-4-7-14-12-13-5-8-15(2)9-6-13/h13-14H,3-12H2,1-2H3. The first-order valence-electron chi connectivity index (χ1n) is 6.80. The summed E-state index contributed by atoms with van der Waals surface area (Å²) in [7, 11) is 2.22. The minimum absolute atomic E-state index is 0.896. The minimum Gasteiger partial charge on any atom is -0.381 e. The van der Waals surface area contributed by atoms with Crippen molar-refractivity contribution in [2.45, 2.75) is 32.6 Å². The molecule has 0 aromatic rings. The van der Waals surface area contributed by atoms with Crippen LogP contribution >= 0.6 is 0 Å². The molecule has 1 fully saturated rings. The zero-order valence-electron chi connectivity index (χ0n) is 11.0. The molecule has 0 aromatic carbocycles. The summed E-state index contributed by atoms with van der Waals surface area (Å²) in [5.74, 6) is 0.896. The number of nitrogens with zero attached hydrogens (tertiary/aromatic N) is 1. The SMILES string of the molecule is CCCOCCCNCC1CCN(C)CC1. The summed E-state index contributed by atoms with van der Waals surface area (Å²) < 4.78 is 5.44. The van der Waals surface area contributed by atoms with E-state index >= 15 is 0 Å². The molecule has 96 valence electrons. The third kappa shape index (κ3) is 6.46. The Labute approximate surface area is 101 Å². The lowest BCUT2D eigenvalue weighted by molar-refractivity contribution is 0.131. The topological polar surface area (TPSA) is 24.5 Å². The van der Waals surface area contributed by atoms with E-state index in [2.05, 4.69) is 24.2 Å². The molecular formula is C13H28N2O. The Bertz CT molecular complexity index is 156. The Morgan fingerprint density at radius 1 is 1.25 bits per heavy atom. The predicted molar refractivity (Wildman–Crippen MR) is 68.8 cm³/mol. The molecule has 0 bridgehead atoms. The molecule has 16 heavy (non-hydrogen) atoms. The molecule has 3 nitrogen and oxygen atoms in total. The first-order valence-corrected chi connectivity index (χ1v) is 6.80. The highest BCUT2D eigenvalue weighted by atomic mass is 16.5. The van der Waals surface area contributed by atoms with Crippen molar-refractivity contribution >= 4 is 0 Å². The molecule has 0 aromatic heterocycles. The molecule has 0 radical (unpaired) electrons. The Morgan fingerprint density at radius 3 is 2.69 bits per heavy atom. The average molecular weight is 228 g/mol. The summed E-state index contributed by atoms with van der Waals surface area (Å²) in [6, 6.07) is 0. The van der Waals surface area contributed by atoms with Crippen LogP contribution in [0.25, 0.3) is 0 Å². The van der Waals surface area contributed by atoms with E-state index < -0.39 is 0 Å². The molecule has 0 saturated carbocycles. The van der Waals surface area contributed by atoms with E-state index in [0.717, 1.165) is 38.5 Å². The molecule has 0 unspecified atom stereocenters. The van der Waals surface area contributed by atoms with Crippen LogP contribution in [0.2, 0.25) is 0 Å². The Balaban J connectivity index is 1.84. The normalized spacial score (nSPS) is 19.1. The van der Waals surface area contributed by atoms with Gasteiger partial charge in [0.25, 0.3) is 0 Å². The van der Waals surface area contributed by atoms with Gasteiger partial charge in [-0.05, 0) is 64.8 Å². The average Bonchev–Trinajstić information content (AvgIpc) is 2.30. The highest BCUT2D eigenvalue weighted by molar-refractivity contribution is 4.71. The van der Waals surface area contributed by atoms with Gasteiger partial charge in [0, 0.05) is 13.2 Å². The number of rotatable bonds is 8. The summed E-state index contributed by atoms with van der Waals surface area (Å²) in [5, 5.41) is 3.55. The fourth-order valence-corrected chi connectivity index (χ4v) is 2.12. The smallest absolute Gasteiger partial charge is 0.0478 e. The maximum Gasteiger partial charge on any atom is 0.0478 e. The van der Waals surface area contributed by atoms with E-state index in [4.69, 9.17) is 4.74 Å². The maximum atomic E-state index is 5.44. The molecule has 1 heterocycles. The van der Waals surface area contributed by atoms with Crippen LogP contribution in [0.5, 0.6) is 0 Å². The van der Waals surface area contributed by atoms with Crippen molar-refractivity contribution in [1.29, 1.82) is 0 Å². The van der Waals surface area contributed by atoms with Crippen LogP contribution in [0.1, 0.15) is 32.6 Å². The van der Waals surface area contributed by atoms with E-state index in [0.29, 0.717) is 0 Å². The Kier molecular flexibility index (Phi) is 7.81. The highest BCUT2D eigenvalue weighted by Gasteiger charge is 2.15. The fourth-order valence-electron chi connectivity index (χ4n) is 2.12. The van der Waals surface area contributed by atoms with Gasteiger partial charge in [0.05, 0.1) is 0 Å². The number of ether oxygens (including phenoxy) is 1. The number of nitrogens with one attached hydrogen (secondary N) is 1. The van der Waals surface area contributed by atoms with Gasteiger partial charge in [-0.1, -0.05) is 6.92 Å². The second kappa shape index (κ2) is 8.97. The van der Waals surface area contributed by atoms with Crippen molar-refractivity contribution in [1.82, 2.24) is 10.2 Å². The van der Waals surface area contributed by atoms with Crippen LogP contribution in [-0.2, 0) is 4.74 Å². The van der Waals surface area contributed by atoms with Gasteiger partial charge in [-0.25, -0.2) is 0 Å². The monoisotopic (exact) mass is 228 g/mol. The fraction of sp³-hybridized carbons (Fsp3) is 1.00. The van der Waals surface area contributed by atoms with Crippen LogP contribution in [-0.4, -0.2) is 51.3 Å². The second-order valence-electron chi connectivity index (χ2n) is 4.92. The third-order valence-electron chi connectivity index (χ3n) is 3.26. The lowest BCUT2D eigenvalue weighted by Crippen LogP contribution is -2.35. The lowest BCUT2D eigenvalue weighted by atomic mass is 9.97. The zero-order chi connectivity index (χ0) is 11.6. The molecule has 0 aliphatic carbocycles. The van der Waals surface area contributed by atoms with E-state index in [1.807, 2.05) is 0 Å². The number of hydrogen-bond donors (Lipinski definition) is 1. The van der Waals surface area contributed by atoms with Crippen LogP contribution in [0.15, 0.2) is 0 Å². The lowest BCUT2D eigenvalue weighted by Gasteiger charge is -2.29. The van der Waals surface area contributed by atoms with Gasteiger partial charge in [-0.15, -0.1) is 0 Å². The maximum absolute atomic E-state index is 5.44. The van der Waals surface area contributed by atoms with Gasteiger partial charge >= 0.3 is 0 Å². The van der Waals surface area contributed by atoms with Gasteiger partial charge in [-0.2, -0.15) is 0 Å². The molecule has 1 saturated heterocycles. The molecule has 3 heteroatoms. The van der Waals surface area contributed by atoms with Gasteiger partial charge in [-0.3, -0.25) is 0 Å². The van der Waals surface area contributed by atoms with Crippen molar-refractivity contribution in [2.75, 3.05) is 46.4 Å². The largest absolute Gasteiger partial charge is 0.381 e. The summed E-state index contributed by atoms with van der Waals surface area (Å²) in [6.45, 7) is 8.82. The summed E-state index contributed by atoms with van der Waals surface area (Å²) >= 11 is 0. The van der Waals surface area contributed by atoms with Crippen molar-refractivity contribution < 1.29 is 4.74 Å². The molecule has 1 aliphatic heterocycles. The van der Waals surface area contributed by atoms with Crippen molar-refractivity contribution in [2.24, 2.45) is 5.92 Å². The molecule has 0 amide bonds. The van der Waals surface area contributed by atoms with E-state index in [-0.39, 0.29) is 0 Å². The summed E-state index contributed by atoms with van der Waals surface area (Å²) in [5.41, 5.74) is 0. The predicted octanol–water partition coefficient (Wildman–Crippen LogP) is 1.73. The number of piperidine rings is 1. The van der Waals surface area contributed by atoms with Crippen LogP contribution < -0.4 is 5.32 Å². The van der Waals surface area contributed by atoms with E-state index in [9.17, 15) is 0 Å². The molecule has 1 aliphatic rings. The minimum atomic E-state index is 0.896. The molecule has 0 spiro atoms. The van der Waals surface area contributed by atoms with Gasteiger partial charge in [0.1, 0.15) is 0 Å². The van der Waals surface area contributed by atoms with Gasteiger partial charge < -0.3 is 15.0 Å². The Hall–Kier alpha value is -0.120. The van der Waals surface area contributed by atoms with E-state index in [1.165, 1.54) is 32.5 Å².